The van der Waals surface area contributed by atoms with Gasteiger partial charge in [-0.05, 0) is 25.5 Å². The summed E-state index contributed by atoms with van der Waals surface area (Å²) in [6.45, 7) is 1.96. The van der Waals surface area contributed by atoms with Crippen molar-refractivity contribution in [1.29, 1.82) is 0 Å². The second kappa shape index (κ2) is 5.76. The first kappa shape index (κ1) is 15.9. The molecule has 2 aromatic rings. The zero-order chi connectivity index (χ0) is 17.6. The summed E-state index contributed by atoms with van der Waals surface area (Å²) in [5, 5.41) is 2.97. The number of aryl methyl sites for hydroxylation is 1. The smallest absolute Gasteiger partial charge is 0.275 e. The number of benzene rings is 1. The number of aliphatic imine (C=N–C) groups is 1. The largest absolute Gasteiger partial charge is 0.454 e. The Morgan fingerprint density at radius 3 is 2.88 bits per heavy atom. The molecule has 1 aromatic heterocycles. The van der Waals surface area contributed by atoms with Crippen molar-refractivity contribution < 1.29 is 17.9 Å². The molecule has 0 unspecified atom stereocenters. The van der Waals surface area contributed by atoms with E-state index in [1.807, 2.05) is 0 Å². The molecule has 0 amide bonds. The van der Waals surface area contributed by atoms with Gasteiger partial charge in [-0.3, -0.25) is 14.9 Å². The summed E-state index contributed by atoms with van der Waals surface area (Å²) in [7, 11) is -3.06. The van der Waals surface area contributed by atoms with Gasteiger partial charge in [-0.15, -0.1) is 0 Å². The highest BCUT2D eigenvalue weighted by atomic mass is 32.2. The first-order valence-electron chi connectivity index (χ1n) is 7.88. The molecule has 4 rings (SSSR count). The molecule has 1 aromatic carbocycles. The van der Waals surface area contributed by atoms with Gasteiger partial charge in [-0.25, -0.2) is 13.1 Å². The van der Waals surface area contributed by atoms with Crippen molar-refractivity contribution in [2.45, 2.75) is 19.4 Å². The van der Waals surface area contributed by atoms with Crippen LogP contribution in [0.3, 0.4) is 0 Å². The van der Waals surface area contributed by atoms with E-state index in [2.05, 4.69) is 10.1 Å². The monoisotopic (exact) mass is 363 g/mol. The van der Waals surface area contributed by atoms with E-state index in [9.17, 15) is 13.2 Å². The second-order valence-electron chi connectivity index (χ2n) is 6.18. The fraction of sp³-hybridized carbons (Fsp3) is 0.375. The Bertz CT molecular complexity index is 1020. The highest BCUT2D eigenvalue weighted by Gasteiger charge is 2.31. The standard InChI is InChI=1S/C16H17N3O5S/c1-10-13(7-17-11-2-3-14-15(6-11)24-9-23-14)16(20)19(18-10)12-4-5-25(21,22)8-12/h2-3,6-7,12,18H,4-5,8-9H2,1H3/t12-/m1/s1. The van der Waals surface area contributed by atoms with Crippen LogP contribution in [0.5, 0.6) is 11.5 Å². The molecular weight excluding hydrogens is 346 g/mol. The Labute approximate surface area is 144 Å². The first-order valence-corrected chi connectivity index (χ1v) is 9.70. The van der Waals surface area contributed by atoms with E-state index in [-0.39, 0.29) is 29.9 Å². The number of ether oxygens (including phenoxy) is 2. The summed E-state index contributed by atoms with van der Waals surface area (Å²) in [4.78, 5) is 16.9. The van der Waals surface area contributed by atoms with Crippen molar-refractivity contribution >= 4 is 21.7 Å². The molecule has 0 radical (unpaired) electrons. The highest BCUT2D eigenvalue weighted by Crippen LogP contribution is 2.35. The lowest BCUT2D eigenvalue weighted by Crippen LogP contribution is -2.25. The predicted molar refractivity (Wildman–Crippen MR) is 91.9 cm³/mol. The van der Waals surface area contributed by atoms with Gasteiger partial charge in [0.1, 0.15) is 0 Å². The van der Waals surface area contributed by atoms with E-state index in [1.165, 1.54) is 10.9 Å². The molecule has 2 aliphatic heterocycles. The van der Waals surface area contributed by atoms with Crippen LogP contribution in [0.4, 0.5) is 5.69 Å². The van der Waals surface area contributed by atoms with E-state index in [0.717, 1.165) is 0 Å². The van der Waals surface area contributed by atoms with Crippen molar-refractivity contribution in [3.05, 3.63) is 39.8 Å². The summed E-state index contributed by atoms with van der Waals surface area (Å²) in [5.41, 5.74) is 1.45. The molecule has 1 N–H and O–H groups in total. The molecule has 1 saturated heterocycles. The molecule has 3 heterocycles. The third-order valence-electron chi connectivity index (χ3n) is 4.41. The van der Waals surface area contributed by atoms with E-state index >= 15 is 0 Å². The fourth-order valence-electron chi connectivity index (χ4n) is 3.07. The predicted octanol–water partition coefficient (Wildman–Crippen LogP) is 1.32. The van der Waals surface area contributed by atoms with Gasteiger partial charge in [0.25, 0.3) is 5.56 Å². The minimum atomic E-state index is -3.06. The normalized spacial score (nSPS) is 21.2. The number of fused-ring (bicyclic) bond motifs is 1. The van der Waals surface area contributed by atoms with Crippen LogP contribution in [-0.2, 0) is 9.84 Å². The molecule has 0 bridgehead atoms. The van der Waals surface area contributed by atoms with Crippen LogP contribution in [0.2, 0.25) is 0 Å². The molecule has 9 heteroatoms. The number of nitrogens with one attached hydrogen (secondary N) is 1. The zero-order valence-corrected chi connectivity index (χ0v) is 14.4. The molecule has 1 fully saturated rings. The van der Waals surface area contributed by atoms with Gasteiger partial charge in [-0.2, -0.15) is 0 Å². The zero-order valence-electron chi connectivity index (χ0n) is 13.6. The summed E-state index contributed by atoms with van der Waals surface area (Å²) in [5.74, 6) is 1.39. The van der Waals surface area contributed by atoms with Crippen molar-refractivity contribution in [1.82, 2.24) is 9.78 Å². The lowest BCUT2D eigenvalue weighted by Gasteiger charge is -2.07. The average molecular weight is 363 g/mol. The van der Waals surface area contributed by atoms with Gasteiger partial charge in [0.2, 0.25) is 6.79 Å². The Hall–Kier alpha value is -2.55. The molecule has 25 heavy (non-hydrogen) atoms. The van der Waals surface area contributed by atoms with Crippen molar-refractivity contribution in [3.63, 3.8) is 0 Å². The van der Waals surface area contributed by atoms with Gasteiger partial charge in [0, 0.05) is 18.0 Å². The van der Waals surface area contributed by atoms with Crippen LogP contribution >= 0.6 is 0 Å². The molecule has 0 saturated carbocycles. The lowest BCUT2D eigenvalue weighted by atomic mass is 10.2. The van der Waals surface area contributed by atoms with Crippen molar-refractivity contribution in [2.24, 2.45) is 4.99 Å². The third kappa shape index (κ3) is 2.95. The Kier molecular flexibility index (Phi) is 3.68. The van der Waals surface area contributed by atoms with Gasteiger partial charge in [0.05, 0.1) is 28.8 Å². The van der Waals surface area contributed by atoms with Crippen LogP contribution < -0.4 is 15.0 Å². The summed E-state index contributed by atoms with van der Waals surface area (Å²) in [6.07, 6.45) is 1.94. The number of hydrogen-bond donors (Lipinski definition) is 1. The maximum atomic E-state index is 12.6. The topological polar surface area (TPSA) is 103 Å². The quantitative estimate of drug-likeness (QED) is 0.829. The van der Waals surface area contributed by atoms with Gasteiger partial charge < -0.3 is 9.47 Å². The molecule has 0 spiro atoms. The molecular formula is C16H17N3O5S. The SMILES string of the molecule is Cc1[nH]n([C@@H]2CCS(=O)(=O)C2)c(=O)c1C=Nc1ccc2c(c1)OCO2. The summed E-state index contributed by atoms with van der Waals surface area (Å²) in [6, 6.07) is 4.93. The number of nitrogens with zero attached hydrogens (tertiary/aromatic N) is 2. The fourth-order valence-corrected chi connectivity index (χ4v) is 4.77. The van der Waals surface area contributed by atoms with Crippen molar-refractivity contribution in [3.8, 4) is 11.5 Å². The number of H-pyrrole nitrogens is 1. The minimum Gasteiger partial charge on any atom is -0.454 e. The maximum absolute atomic E-state index is 12.6. The van der Waals surface area contributed by atoms with Gasteiger partial charge >= 0.3 is 0 Å². The Balaban J connectivity index is 1.62. The van der Waals surface area contributed by atoms with Crippen LogP contribution in [0.25, 0.3) is 0 Å². The number of rotatable bonds is 3. The number of aromatic amines is 1. The number of aromatic nitrogens is 2. The van der Waals surface area contributed by atoms with Crippen LogP contribution in [0, 0.1) is 6.92 Å². The summed E-state index contributed by atoms with van der Waals surface area (Å²) < 4.78 is 35.2. The molecule has 2 aliphatic rings. The van der Waals surface area contributed by atoms with Crippen LogP contribution in [0.1, 0.15) is 23.7 Å². The number of sulfone groups is 1. The van der Waals surface area contributed by atoms with Crippen LogP contribution in [-0.4, -0.2) is 42.7 Å². The second-order valence-corrected chi connectivity index (χ2v) is 8.41. The molecule has 132 valence electrons. The van der Waals surface area contributed by atoms with Crippen LogP contribution in [0.15, 0.2) is 28.0 Å². The van der Waals surface area contributed by atoms with E-state index in [4.69, 9.17) is 9.47 Å². The Morgan fingerprint density at radius 1 is 1.32 bits per heavy atom. The number of hydrogen-bond acceptors (Lipinski definition) is 6. The van der Waals surface area contributed by atoms with E-state index in [1.54, 1.807) is 25.1 Å². The minimum absolute atomic E-state index is 0.00833. The molecule has 8 nitrogen and oxygen atoms in total. The molecule has 1 atom stereocenters. The molecule has 0 aliphatic carbocycles. The third-order valence-corrected chi connectivity index (χ3v) is 6.16. The van der Waals surface area contributed by atoms with E-state index < -0.39 is 9.84 Å². The van der Waals surface area contributed by atoms with Gasteiger partial charge in [-0.1, -0.05) is 0 Å². The van der Waals surface area contributed by atoms with E-state index in [0.29, 0.717) is 34.9 Å². The lowest BCUT2D eigenvalue weighted by molar-refractivity contribution is 0.174. The van der Waals surface area contributed by atoms with Crippen molar-refractivity contribution in [2.75, 3.05) is 18.3 Å². The van der Waals surface area contributed by atoms with Gasteiger partial charge in [0.15, 0.2) is 21.3 Å². The Morgan fingerprint density at radius 2 is 2.12 bits per heavy atom. The summed E-state index contributed by atoms with van der Waals surface area (Å²) >= 11 is 0. The first-order chi connectivity index (χ1) is 11.9. The highest BCUT2D eigenvalue weighted by molar-refractivity contribution is 7.91. The maximum Gasteiger partial charge on any atom is 0.275 e. The average Bonchev–Trinajstić information content (AvgIpc) is 3.24.